The van der Waals surface area contributed by atoms with Gasteiger partial charge in [0.2, 0.25) is 5.91 Å². The topological polar surface area (TPSA) is 46.3 Å². The second kappa shape index (κ2) is 5.42. The third-order valence-corrected chi connectivity index (χ3v) is 3.70. The van der Waals surface area contributed by atoms with E-state index in [4.69, 9.17) is 5.73 Å². The van der Waals surface area contributed by atoms with Gasteiger partial charge in [0.15, 0.2) is 0 Å². The van der Waals surface area contributed by atoms with Crippen LogP contribution in [0.5, 0.6) is 0 Å². The van der Waals surface area contributed by atoms with Crippen LogP contribution < -0.4 is 5.73 Å². The molecule has 98 valence electrons. The molecule has 2 N–H and O–H groups in total. The van der Waals surface area contributed by atoms with Crippen LogP contribution in [0.15, 0.2) is 18.2 Å². The summed E-state index contributed by atoms with van der Waals surface area (Å²) in [5.74, 6) is 0.419. The molecule has 0 saturated heterocycles. The third-order valence-electron chi connectivity index (χ3n) is 3.70. The average molecular weight is 246 g/mol. The summed E-state index contributed by atoms with van der Waals surface area (Å²) >= 11 is 0. The van der Waals surface area contributed by atoms with Crippen LogP contribution in [-0.4, -0.2) is 17.4 Å². The Balaban J connectivity index is 2.09. The molecule has 1 amide bonds. The van der Waals surface area contributed by atoms with Crippen molar-refractivity contribution < 1.29 is 4.79 Å². The first kappa shape index (κ1) is 12.9. The Morgan fingerprint density at radius 3 is 2.94 bits per heavy atom. The molecule has 1 heterocycles. The molecule has 0 radical (unpaired) electrons. The number of carbonyl (C=O) groups excluding carboxylic acids is 1. The maximum Gasteiger partial charge on any atom is 0.225 e. The fourth-order valence-electron chi connectivity index (χ4n) is 2.63. The number of amides is 1. The van der Waals surface area contributed by atoms with E-state index >= 15 is 0 Å². The quantitative estimate of drug-likeness (QED) is 0.833. The average Bonchev–Trinajstić information content (AvgIpc) is 2.37. The van der Waals surface area contributed by atoms with Crippen molar-refractivity contribution in [2.45, 2.75) is 39.7 Å². The lowest BCUT2D eigenvalue weighted by molar-refractivity contribution is -0.136. The lowest BCUT2D eigenvalue weighted by Gasteiger charge is -2.31. The van der Waals surface area contributed by atoms with Crippen LogP contribution >= 0.6 is 0 Å². The van der Waals surface area contributed by atoms with Crippen molar-refractivity contribution in [3.05, 3.63) is 29.3 Å². The molecule has 1 aromatic rings. The highest BCUT2D eigenvalue weighted by atomic mass is 16.2. The maximum atomic E-state index is 12.3. The monoisotopic (exact) mass is 246 g/mol. The van der Waals surface area contributed by atoms with Crippen molar-refractivity contribution in [1.82, 2.24) is 4.90 Å². The summed E-state index contributed by atoms with van der Waals surface area (Å²) in [7, 11) is 0. The van der Waals surface area contributed by atoms with Gasteiger partial charge in [-0.1, -0.05) is 26.3 Å². The van der Waals surface area contributed by atoms with Gasteiger partial charge in [0.1, 0.15) is 0 Å². The van der Waals surface area contributed by atoms with Gasteiger partial charge in [-0.3, -0.25) is 4.79 Å². The number of nitrogen functional groups attached to an aromatic ring is 1. The van der Waals surface area contributed by atoms with Crippen LogP contribution in [-0.2, 0) is 17.8 Å². The molecule has 3 nitrogen and oxygen atoms in total. The van der Waals surface area contributed by atoms with Gasteiger partial charge in [-0.25, -0.2) is 0 Å². The minimum Gasteiger partial charge on any atom is -0.399 e. The second-order valence-corrected chi connectivity index (χ2v) is 5.23. The number of nitrogens with two attached hydrogens (primary N) is 1. The van der Waals surface area contributed by atoms with E-state index in [1.165, 1.54) is 11.1 Å². The fraction of sp³-hybridized carbons (Fsp3) is 0.533. The fourth-order valence-corrected chi connectivity index (χ4v) is 2.63. The number of nitrogens with zero attached hydrogens (tertiary/aromatic N) is 1. The third kappa shape index (κ3) is 2.66. The van der Waals surface area contributed by atoms with E-state index in [1.807, 2.05) is 24.0 Å². The Hall–Kier alpha value is -1.51. The first-order chi connectivity index (χ1) is 8.61. The summed E-state index contributed by atoms with van der Waals surface area (Å²) in [4.78, 5) is 14.3. The summed E-state index contributed by atoms with van der Waals surface area (Å²) < 4.78 is 0. The lowest BCUT2D eigenvalue weighted by Crippen LogP contribution is -2.39. The van der Waals surface area contributed by atoms with Crippen LogP contribution in [0.4, 0.5) is 5.69 Å². The second-order valence-electron chi connectivity index (χ2n) is 5.23. The van der Waals surface area contributed by atoms with Gasteiger partial charge < -0.3 is 10.6 Å². The Bertz CT molecular complexity index is 442. The highest BCUT2D eigenvalue weighted by Gasteiger charge is 2.24. The molecule has 0 spiro atoms. The minimum absolute atomic E-state index is 0.137. The Morgan fingerprint density at radius 2 is 2.22 bits per heavy atom. The first-order valence-electron chi connectivity index (χ1n) is 6.78. The van der Waals surface area contributed by atoms with Gasteiger partial charge >= 0.3 is 0 Å². The maximum absolute atomic E-state index is 12.3. The molecule has 0 bridgehead atoms. The predicted octanol–water partition coefficient (Wildman–Crippen LogP) is 2.59. The number of anilines is 1. The molecule has 18 heavy (non-hydrogen) atoms. The number of carbonyl (C=O) groups is 1. The highest BCUT2D eigenvalue weighted by Crippen LogP contribution is 2.23. The van der Waals surface area contributed by atoms with Crippen molar-refractivity contribution in [2.75, 3.05) is 12.3 Å². The van der Waals surface area contributed by atoms with E-state index < -0.39 is 0 Å². The molecule has 0 saturated carbocycles. The molecule has 2 rings (SSSR count). The van der Waals surface area contributed by atoms with E-state index in [1.54, 1.807) is 0 Å². The summed E-state index contributed by atoms with van der Waals surface area (Å²) in [5.41, 5.74) is 9.13. The van der Waals surface area contributed by atoms with Crippen LogP contribution in [0.25, 0.3) is 0 Å². The molecule has 3 heteroatoms. The van der Waals surface area contributed by atoms with Crippen molar-refractivity contribution >= 4 is 11.6 Å². The molecule has 0 aliphatic carbocycles. The molecular weight excluding hydrogens is 224 g/mol. The molecule has 0 fully saturated rings. The molecule has 1 aromatic carbocycles. The highest BCUT2D eigenvalue weighted by molar-refractivity contribution is 5.78. The summed E-state index contributed by atoms with van der Waals surface area (Å²) in [6.07, 6.45) is 2.98. The number of rotatable bonds is 3. The van der Waals surface area contributed by atoms with Crippen molar-refractivity contribution in [2.24, 2.45) is 5.92 Å². The number of hydrogen-bond acceptors (Lipinski definition) is 2. The largest absolute Gasteiger partial charge is 0.399 e. The van der Waals surface area contributed by atoms with E-state index in [2.05, 4.69) is 13.0 Å². The molecule has 1 aliphatic rings. The smallest absolute Gasteiger partial charge is 0.225 e. The molecular formula is C15H22N2O. The minimum atomic E-state index is 0.137. The van der Waals surface area contributed by atoms with E-state index in [-0.39, 0.29) is 11.8 Å². The van der Waals surface area contributed by atoms with Gasteiger partial charge in [0, 0.05) is 24.7 Å². The molecule has 1 unspecified atom stereocenters. The molecule has 1 atom stereocenters. The van der Waals surface area contributed by atoms with Crippen LogP contribution in [0.3, 0.4) is 0 Å². The van der Waals surface area contributed by atoms with Crippen LogP contribution in [0, 0.1) is 5.92 Å². The number of hydrogen-bond donors (Lipinski definition) is 1. The van der Waals surface area contributed by atoms with E-state index in [0.717, 1.165) is 31.5 Å². The van der Waals surface area contributed by atoms with E-state index in [0.29, 0.717) is 6.54 Å². The number of benzene rings is 1. The Morgan fingerprint density at radius 1 is 1.44 bits per heavy atom. The zero-order chi connectivity index (χ0) is 13.1. The SMILES string of the molecule is CCCC(C)C(=O)N1CCc2ccc(N)cc2C1. The van der Waals surface area contributed by atoms with Gasteiger partial charge in [-0.2, -0.15) is 0 Å². The zero-order valence-corrected chi connectivity index (χ0v) is 11.3. The van der Waals surface area contributed by atoms with Crippen molar-refractivity contribution in [3.8, 4) is 0 Å². The predicted molar refractivity (Wildman–Crippen MR) is 74.0 cm³/mol. The van der Waals surface area contributed by atoms with Crippen molar-refractivity contribution in [1.29, 1.82) is 0 Å². The van der Waals surface area contributed by atoms with E-state index in [9.17, 15) is 4.79 Å². The first-order valence-corrected chi connectivity index (χ1v) is 6.78. The number of fused-ring (bicyclic) bond motifs is 1. The zero-order valence-electron chi connectivity index (χ0n) is 11.3. The summed E-state index contributed by atoms with van der Waals surface area (Å²) in [5, 5.41) is 0. The van der Waals surface area contributed by atoms with Gasteiger partial charge in [0.05, 0.1) is 0 Å². The standard InChI is InChI=1S/C15H22N2O/c1-3-4-11(2)15(18)17-8-7-12-5-6-14(16)9-13(12)10-17/h5-6,9,11H,3-4,7-8,10,16H2,1-2H3. The Labute approximate surface area is 109 Å². The van der Waals surface area contributed by atoms with Crippen molar-refractivity contribution in [3.63, 3.8) is 0 Å². The van der Waals surface area contributed by atoms with Crippen LogP contribution in [0.2, 0.25) is 0 Å². The summed E-state index contributed by atoms with van der Waals surface area (Å²) in [6.45, 7) is 5.70. The molecule has 1 aliphatic heterocycles. The van der Waals surface area contributed by atoms with Gasteiger partial charge in [-0.05, 0) is 36.1 Å². The van der Waals surface area contributed by atoms with Gasteiger partial charge in [0.25, 0.3) is 0 Å². The molecule has 0 aromatic heterocycles. The summed E-state index contributed by atoms with van der Waals surface area (Å²) in [6, 6.07) is 6.03. The normalized spacial score (nSPS) is 16.2. The Kier molecular flexibility index (Phi) is 3.90. The van der Waals surface area contributed by atoms with Crippen LogP contribution in [0.1, 0.15) is 37.8 Å². The van der Waals surface area contributed by atoms with Gasteiger partial charge in [-0.15, -0.1) is 0 Å². The lowest BCUT2D eigenvalue weighted by atomic mass is 9.97.